The standard InChI is InChI=1S/C17H18N2O7S/c1-3-10-26-17(20)12-4-6-13(7-5-12)18-27(23,24)14-8-9-16(25-2)15(11-14)19(21)22/h4-9,11,18H,3,10H2,1-2H3. The molecular weight excluding hydrogens is 376 g/mol. The zero-order chi connectivity index (χ0) is 20.0. The summed E-state index contributed by atoms with van der Waals surface area (Å²) in [6.45, 7) is 2.16. The van der Waals surface area contributed by atoms with Crippen molar-refractivity contribution in [1.29, 1.82) is 0 Å². The first-order valence-corrected chi connectivity index (χ1v) is 9.39. The van der Waals surface area contributed by atoms with E-state index in [2.05, 4.69) is 4.72 Å². The maximum Gasteiger partial charge on any atom is 0.338 e. The van der Waals surface area contributed by atoms with E-state index < -0.39 is 26.6 Å². The number of carbonyl (C=O) groups excluding carboxylic acids is 1. The zero-order valence-corrected chi connectivity index (χ0v) is 15.5. The number of ether oxygens (including phenoxy) is 2. The molecule has 0 saturated heterocycles. The number of sulfonamides is 1. The normalized spacial score (nSPS) is 10.9. The van der Waals surface area contributed by atoms with Crippen LogP contribution in [0, 0.1) is 10.1 Å². The summed E-state index contributed by atoms with van der Waals surface area (Å²) in [4.78, 5) is 21.8. The molecule has 2 aromatic rings. The molecule has 0 aliphatic rings. The SMILES string of the molecule is CCCOC(=O)c1ccc(NS(=O)(=O)c2ccc(OC)c([N+](=O)[O-])c2)cc1. The van der Waals surface area contributed by atoms with Crippen LogP contribution in [0.1, 0.15) is 23.7 Å². The number of nitro groups is 1. The Morgan fingerprint density at radius 1 is 1.19 bits per heavy atom. The van der Waals surface area contributed by atoms with E-state index in [0.717, 1.165) is 6.07 Å². The van der Waals surface area contributed by atoms with Gasteiger partial charge in [0.1, 0.15) is 0 Å². The minimum Gasteiger partial charge on any atom is -0.490 e. The number of nitrogens with one attached hydrogen (secondary N) is 1. The molecule has 9 nitrogen and oxygen atoms in total. The molecular formula is C17H18N2O7S. The summed E-state index contributed by atoms with van der Waals surface area (Å²) in [7, 11) is -2.82. The molecule has 0 spiro atoms. The number of nitro benzene ring substituents is 1. The van der Waals surface area contributed by atoms with Gasteiger partial charge in [0.25, 0.3) is 10.0 Å². The molecule has 0 aliphatic carbocycles. The van der Waals surface area contributed by atoms with Crippen molar-refractivity contribution < 1.29 is 27.6 Å². The van der Waals surface area contributed by atoms with Crippen LogP contribution in [0.5, 0.6) is 5.75 Å². The molecule has 0 aliphatic heterocycles. The Balaban J connectivity index is 2.22. The Bertz CT molecular complexity index is 940. The van der Waals surface area contributed by atoms with Crippen molar-refractivity contribution in [3.63, 3.8) is 0 Å². The molecule has 1 N–H and O–H groups in total. The van der Waals surface area contributed by atoms with Crippen molar-refractivity contribution in [3.8, 4) is 5.75 Å². The molecule has 10 heteroatoms. The van der Waals surface area contributed by atoms with Crippen molar-refractivity contribution in [2.75, 3.05) is 18.4 Å². The number of hydrogen-bond donors (Lipinski definition) is 1. The van der Waals surface area contributed by atoms with Gasteiger partial charge in [-0.15, -0.1) is 0 Å². The average Bonchev–Trinajstić information content (AvgIpc) is 2.65. The van der Waals surface area contributed by atoms with E-state index in [1.54, 1.807) is 0 Å². The smallest absolute Gasteiger partial charge is 0.338 e. The van der Waals surface area contributed by atoms with Gasteiger partial charge >= 0.3 is 11.7 Å². The molecule has 0 heterocycles. The third-order valence-corrected chi connectivity index (χ3v) is 4.85. The lowest BCUT2D eigenvalue weighted by Gasteiger charge is -2.10. The Hall–Kier alpha value is -3.14. The Morgan fingerprint density at radius 3 is 2.41 bits per heavy atom. The Kier molecular flexibility index (Phi) is 6.35. The molecule has 0 fully saturated rings. The largest absolute Gasteiger partial charge is 0.490 e. The number of hydrogen-bond acceptors (Lipinski definition) is 7. The number of benzene rings is 2. The van der Waals surface area contributed by atoms with Crippen LogP contribution in [0.15, 0.2) is 47.4 Å². The van der Waals surface area contributed by atoms with Gasteiger partial charge < -0.3 is 9.47 Å². The number of esters is 1. The third-order valence-electron chi connectivity index (χ3n) is 3.47. The van der Waals surface area contributed by atoms with E-state index in [1.165, 1.54) is 43.5 Å². The van der Waals surface area contributed by atoms with Gasteiger partial charge in [-0.1, -0.05) is 6.92 Å². The summed E-state index contributed by atoms with van der Waals surface area (Å²) in [5, 5.41) is 11.1. The molecule has 2 rings (SSSR count). The van der Waals surface area contributed by atoms with E-state index in [0.29, 0.717) is 13.0 Å². The fraction of sp³-hybridized carbons (Fsp3) is 0.235. The van der Waals surface area contributed by atoms with E-state index in [4.69, 9.17) is 9.47 Å². The number of rotatable bonds is 8. The van der Waals surface area contributed by atoms with Crippen LogP contribution in [0.3, 0.4) is 0 Å². The van der Waals surface area contributed by atoms with Crippen molar-refractivity contribution in [2.24, 2.45) is 0 Å². The van der Waals surface area contributed by atoms with Crippen molar-refractivity contribution in [2.45, 2.75) is 18.2 Å². The molecule has 2 aromatic carbocycles. The Labute approximate surface area is 156 Å². The second-order valence-electron chi connectivity index (χ2n) is 5.41. The van der Waals surface area contributed by atoms with Gasteiger partial charge in [0, 0.05) is 11.8 Å². The van der Waals surface area contributed by atoms with Gasteiger partial charge in [0.2, 0.25) is 0 Å². The minimum absolute atomic E-state index is 0.0473. The molecule has 0 aromatic heterocycles. The lowest BCUT2D eigenvalue weighted by Crippen LogP contribution is -2.13. The second-order valence-corrected chi connectivity index (χ2v) is 7.09. The molecule has 0 atom stereocenters. The highest BCUT2D eigenvalue weighted by Gasteiger charge is 2.22. The highest BCUT2D eigenvalue weighted by molar-refractivity contribution is 7.92. The number of nitrogens with zero attached hydrogens (tertiary/aromatic N) is 1. The highest BCUT2D eigenvalue weighted by atomic mass is 32.2. The van der Waals surface area contributed by atoms with Gasteiger partial charge in [0.05, 0.1) is 29.1 Å². The summed E-state index contributed by atoms with van der Waals surface area (Å²) in [5.41, 5.74) is 0.0152. The molecule has 27 heavy (non-hydrogen) atoms. The summed E-state index contributed by atoms with van der Waals surface area (Å²) in [6.07, 6.45) is 0.692. The van der Waals surface area contributed by atoms with Gasteiger partial charge in [-0.3, -0.25) is 14.8 Å². The quantitative estimate of drug-likeness (QED) is 0.414. The third kappa shape index (κ3) is 4.94. The summed E-state index contributed by atoms with van der Waals surface area (Å²) >= 11 is 0. The number of anilines is 1. The Morgan fingerprint density at radius 2 is 1.85 bits per heavy atom. The van der Waals surface area contributed by atoms with Gasteiger partial charge in [-0.05, 0) is 42.8 Å². The van der Waals surface area contributed by atoms with E-state index in [1.807, 2.05) is 6.92 Å². The van der Waals surface area contributed by atoms with E-state index in [9.17, 15) is 23.3 Å². The fourth-order valence-corrected chi connectivity index (χ4v) is 3.22. The molecule has 0 unspecified atom stereocenters. The maximum atomic E-state index is 12.5. The predicted molar refractivity (Wildman–Crippen MR) is 97.5 cm³/mol. The molecule has 144 valence electrons. The maximum absolute atomic E-state index is 12.5. The first-order chi connectivity index (χ1) is 12.8. The fourth-order valence-electron chi connectivity index (χ4n) is 2.15. The molecule has 0 saturated carbocycles. The van der Waals surface area contributed by atoms with Gasteiger partial charge in [-0.25, -0.2) is 13.2 Å². The summed E-state index contributed by atoms with van der Waals surface area (Å²) in [6, 6.07) is 8.97. The number of methoxy groups -OCH3 is 1. The lowest BCUT2D eigenvalue weighted by atomic mass is 10.2. The van der Waals surface area contributed by atoms with E-state index in [-0.39, 0.29) is 21.9 Å². The molecule has 0 radical (unpaired) electrons. The van der Waals surface area contributed by atoms with Crippen LogP contribution in [-0.2, 0) is 14.8 Å². The molecule has 0 amide bonds. The summed E-state index contributed by atoms with van der Waals surface area (Å²) in [5.74, 6) is -0.550. The van der Waals surface area contributed by atoms with Crippen LogP contribution in [0.2, 0.25) is 0 Å². The van der Waals surface area contributed by atoms with Crippen LogP contribution in [0.4, 0.5) is 11.4 Å². The monoisotopic (exact) mass is 394 g/mol. The van der Waals surface area contributed by atoms with Crippen molar-refractivity contribution in [1.82, 2.24) is 0 Å². The molecule has 0 bridgehead atoms. The first kappa shape index (κ1) is 20.2. The van der Waals surface area contributed by atoms with Crippen LogP contribution < -0.4 is 9.46 Å². The average molecular weight is 394 g/mol. The first-order valence-electron chi connectivity index (χ1n) is 7.91. The van der Waals surface area contributed by atoms with E-state index >= 15 is 0 Å². The van der Waals surface area contributed by atoms with Gasteiger partial charge in [-0.2, -0.15) is 0 Å². The minimum atomic E-state index is -4.07. The second kappa shape index (κ2) is 8.49. The topological polar surface area (TPSA) is 125 Å². The van der Waals surface area contributed by atoms with Crippen molar-refractivity contribution >= 4 is 27.4 Å². The van der Waals surface area contributed by atoms with Crippen LogP contribution in [0.25, 0.3) is 0 Å². The van der Waals surface area contributed by atoms with Crippen molar-refractivity contribution in [3.05, 3.63) is 58.1 Å². The van der Waals surface area contributed by atoms with Crippen LogP contribution in [-0.4, -0.2) is 33.0 Å². The number of carbonyl (C=O) groups is 1. The highest BCUT2D eigenvalue weighted by Crippen LogP contribution is 2.30. The lowest BCUT2D eigenvalue weighted by molar-refractivity contribution is -0.386. The predicted octanol–water partition coefficient (Wildman–Crippen LogP) is 2.97. The zero-order valence-electron chi connectivity index (χ0n) is 14.7. The van der Waals surface area contributed by atoms with Crippen LogP contribution >= 0.6 is 0 Å². The summed E-state index contributed by atoms with van der Waals surface area (Å²) < 4.78 is 37.1. The van der Waals surface area contributed by atoms with Gasteiger partial charge in [0.15, 0.2) is 5.75 Å².